The number of halogens is 1. The molecule has 1 saturated heterocycles. The summed E-state index contributed by atoms with van der Waals surface area (Å²) in [4.78, 5) is 53.4. The molecule has 0 spiro atoms. The second-order valence-electron chi connectivity index (χ2n) is 11.2. The van der Waals surface area contributed by atoms with E-state index in [1.165, 1.54) is 4.90 Å². The van der Waals surface area contributed by atoms with E-state index in [2.05, 4.69) is 10.6 Å². The second-order valence-corrected chi connectivity index (χ2v) is 11.6. The number of nitrogens with zero attached hydrogens (tertiary/aromatic N) is 1. The molecule has 2 unspecified atom stereocenters. The van der Waals surface area contributed by atoms with Gasteiger partial charge in [0, 0.05) is 30.3 Å². The van der Waals surface area contributed by atoms with Crippen molar-refractivity contribution in [2.45, 2.75) is 65.2 Å². The molecule has 222 valence electrons. The van der Waals surface area contributed by atoms with Gasteiger partial charge >= 0.3 is 6.09 Å². The lowest BCUT2D eigenvalue weighted by Gasteiger charge is -2.42. The molecule has 1 heterocycles. The van der Waals surface area contributed by atoms with Crippen molar-refractivity contribution < 1.29 is 28.7 Å². The van der Waals surface area contributed by atoms with Crippen molar-refractivity contribution in [1.82, 2.24) is 10.2 Å². The number of benzene rings is 2. The molecule has 1 aliphatic rings. The zero-order chi connectivity index (χ0) is 30.2. The van der Waals surface area contributed by atoms with E-state index in [1.807, 2.05) is 25.1 Å². The Balaban J connectivity index is 1.80. The van der Waals surface area contributed by atoms with Crippen LogP contribution in [0.3, 0.4) is 0 Å². The summed E-state index contributed by atoms with van der Waals surface area (Å²) in [6.07, 6.45) is -0.626. The van der Waals surface area contributed by atoms with Crippen molar-refractivity contribution in [1.29, 1.82) is 0 Å². The first kappa shape index (κ1) is 31.9. The molecule has 1 aliphatic heterocycles. The predicted octanol–water partition coefficient (Wildman–Crippen LogP) is 4.05. The highest BCUT2D eigenvalue weighted by Crippen LogP contribution is 2.32. The van der Waals surface area contributed by atoms with Crippen molar-refractivity contribution in [3.05, 3.63) is 64.7 Å². The van der Waals surface area contributed by atoms with Gasteiger partial charge in [-0.3, -0.25) is 19.7 Å². The highest BCUT2D eigenvalue weighted by molar-refractivity contribution is 6.31. The number of hydrogen-bond donors (Lipinski definition) is 3. The molecule has 1 fully saturated rings. The van der Waals surface area contributed by atoms with Gasteiger partial charge in [0.1, 0.15) is 12.0 Å². The maximum absolute atomic E-state index is 13.7. The summed E-state index contributed by atoms with van der Waals surface area (Å²) < 4.78 is 11.2. The molecule has 0 aromatic heterocycles. The lowest BCUT2D eigenvalue weighted by molar-refractivity contribution is -0.164. The summed E-state index contributed by atoms with van der Waals surface area (Å²) >= 11 is 6.27. The van der Waals surface area contributed by atoms with E-state index in [9.17, 15) is 19.2 Å². The van der Waals surface area contributed by atoms with Crippen LogP contribution in [0.25, 0.3) is 0 Å². The minimum Gasteiger partial charge on any atom is -0.448 e. The Kier molecular flexibility index (Phi) is 10.8. The number of nitrogens with two attached hydrogens (primary N) is 1. The first-order chi connectivity index (χ1) is 19.3. The van der Waals surface area contributed by atoms with E-state index in [4.69, 9.17) is 26.8 Å². The molecule has 4 N–H and O–H groups in total. The Hall–Kier alpha value is -3.63. The number of hydrogen-bond acceptors (Lipinski definition) is 6. The molecule has 0 bridgehead atoms. The molecule has 0 radical (unpaired) electrons. The van der Waals surface area contributed by atoms with E-state index >= 15 is 0 Å². The van der Waals surface area contributed by atoms with Crippen LogP contribution < -0.4 is 16.4 Å². The quantitative estimate of drug-likeness (QED) is 0.359. The number of carbonyl (C=O) groups excluding carboxylic acids is 4. The number of nitrogens with one attached hydrogen (secondary N) is 2. The lowest BCUT2D eigenvalue weighted by Crippen LogP contribution is -2.59. The summed E-state index contributed by atoms with van der Waals surface area (Å²) in [5.41, 5.74) is 5.79. The maximum atomic E-state index is 13.7. The first-order valence-corrected chi connectivity index (χ1v) is 14.0. The number of rotatable bonds is 10. The number of amides is 4. The Morgan fingerprint density at radius 2 is 1.78 bits per heavy atom. The number of primary amides is 1. The van der Waals surface area contributed by atoms with Crippen LogP contribution in [0, 0.1) is 5.41 Å². The molecule has 3 rings (SSSR count). The van der Waals surface area contributed by atoms with Crippen LogP contribution >= 0.6 is 11.6 Å². The van der Waals surface area contributed by atoms with Crippen LogP contribution in [-0.2, 0) is 36.8 Å². The fraction of sp³-hybridized carbons (Fsp3) is 0.467. The number of carbonyl (C=O) groups is 4. The molecular weight excluding hydrogens is 548 g/mol. The van der Waals surface area contributed by atoms with Gasteiger partial charge in [0.05, 0.1) is 5.60 Å². The van der Waals surface area contributed by atoms with E-state index in [0.717, 1.165) is 12.0 Å². The standard InChI is InChI=1S/C30H39ClN4O6/c1-5-20-11-13-22(14-12-20)34-28(39)40-19-30(27(38)33-17-21-9-6-7-10-23(21)31)15-8-16-35(18-30)26(37)24(25(32)36)41-29(2,3)4/h6-7,9-14,24H,5,8,15-19H2,1-4H3,(H2,32,36)(H,33,38)(H,34,39). The van der Waals surface area contributed by atoms with Gasteiger partial charge in [-0.15, -0.1) is 0 Å². The third-order valence-corrected chi connectivity index (χ3v) is 7.18. The highest BCUT2D eigenvalue weighted by Gasteiger charge is 2.46. The van der Waals surface area contributed by atoms with Crippen molar-refractivity contribution in [2.75, 3.05) is 25.0 Å². The van der Waals surface area contributed by atoms with Crippen molar-refractivity contribution >= 4 is 41.1 Å². The second kappa shape index (κ2) is 13.8. The van der Waals surface area contributed by atoms with Gasteiger partial charge in [0.15, 0.2) is 0 Å². The average Bonchev–Trinajstić information content (AvgIpc) is 2.94. The largest absolute Gasteiger partial charge is 0.448 e. The summed E-state index contributed by atoms with van der Waals surface area (Å²) in [7, 11) is 0. The Labute approximate surface area is 245 Å². The normalized spacial score (nSPS) is 17.8. The van der Waals surface area contributed by atoms with E-state index in [-0.39, 0.29) is 26.2 Å². The summed E-state index contributed by atoms with van der Waals surface area (Å²) in [6.45, 7) is 7.18. The van der Waals surface area contributed by atoms with Crippen LogP contribution in [-0.4, -0.2) is 60.1 Å². The van der Waals surface area contributed by atoms with Gasteiger partial charge in [0.2, 0.25) is 12.0 Å². The Morgan fingerprint density at radius 3 is 2.39 bits per heavy atom. The fourth-order valence-electron chi connectivity index (χ4n) is 4.62. The number of likely N-dealkylation sites (tertiary alicyclic amines) is 1. The third kappa shape index (κ3) is 8.93. The van der Waals surface area contributed by atoms with Gasteiger partial charge in [-0.2, -0.15) is 0 Å². The zero-order valence-electron chi connectivity index (χ0n) is 24.0. The number of ether oxygens (including phenoxy) is 2. The van der Waals surface area contributed by atoms with Gasteiger partial charge < -0.3 is 25.4 Å². The van der Waals surface area contributed by atoms with Gasteiger partial charge in [-0.25, -0.2) is 4.79 Å². The van der Waals surface area contributed by atoms with E-state index in [0.29, 0.717) is 29.1 Å². The monoisotopic (exact) mass is 586 g/mol. The van der Waals surface area contributed by atoms with Crippen LogP contribution in [0.1, 0.15) is 51.7 Å². The molecule has 41 heavy (non-hydrogen) atoms. The minimum absolute atomic E-state index is 0.101. The number of aryl methyl sites for hydroxylation is 1. The predicted molar refractivity (Wildman–Crippen MR) is 156 cm³/mol. The van der Waals surface area contributed by atoms with E-state index < -0.39 is 40.9 Å². The minimum atomic E-state index is -1.52. The highest BCUT2D eigenvalue weighted by atomic mass is 35.5. The van der Waals surface area contributed by atoms with Crippen LogP contribution in [0.5, 0.6) is 0 Å². The topological polar surface area (TPSA) is 140 Å². The Bertz CT molecular complexity index is 1250. The molecule has 2 aromatic rings. The Morgan fingerprint density at radius 1 is 1.10 bits per heavy atom. The van der Waals surface area contributed by atoms with Crippen LogP contribution in [0.15, 0.2) is 48.5 Å². The smallest absolute Gasteiger partial charge is 0.411 e. The van der Waals surface area contributed by atoms with Gasteiger partial charge in [-0.1, -0.05) is 48.9 Å². The molecule has 11 heteroatoms. The SMILES string of the molecule is CCc1ccc(NC(=O)OCC2(C(=O)NCc3ccccc3Cl)CCCN(C(=O)C(OC(C)(C)C)C(N)=O)C2)cc1. The molecule has 2 aromatic carbocycles. The molecule has 0 saturated carbocycles. The average molecular weight is 587 g/mol. The maximum Gasteiger partial charge on any atom is 0.411 e. The molecular formula is C30H39ClN4O6. The van der Waals surface area contributed by atoms with Gasteiger partial charge in [0.25, 0.3) is 11.8 Å². The molecule has 0 aliphatic carbocycles. The summed E-state index contributed by atoms with van der Waals surface area (Å²) in [5, 5.41) is 6.06. The van der Waals surface area contributed by atoms with Crippen molar-refractivity contribution in [3.8, 4) is 0 Å². The molecule has 4 amide bonds. The first-order valence-electron chi connectivity index (χ1n) is 13.6. The number of anilines is 1. The van der Waals surface area contributed by atoms with Crippen molar-refractivity contribution in [2.24, 2.45) is 11.1 Å². The summed E-state index contributed by atoms with van der Waals surface area (Å²) in [6, 6.07) is 14.5. The van der Waals surface area contributed by atoms with Crippen molar-refractivity contribution in [3.63, 3.8) is 0 Å². The fourth-order valence-corrected chi connectivity index (χ4v) is 4.83. The summed E-state index contributed by atoms with van der Waals surface area (Å²) in [5.74, 6) is -1.98. The molecule has 10 nitrogen and oxygen atoms in total. The zero-order valence-corrected chi connectivity index (χ0v) is 24.8. The van der Waals surface area contributed by atoms with Crippen LogP contribution in [0.4, 0.5) is 10.5 Å². The third-order valence-electron chi connectivity index (χ3n) is 6.81. The number of piperidine rings is 1. The lowest BCUT2D eigenvalue weighted by atomic mass is 9.79. The van der Waals surface area contributed by atoms with E-state index in [1.54, 1.807) is 51.1 Å². The molecule has 2 atom stereocenters. The van der Waals surface area contributed by atoms with Gasteiger partial charge in [-0.05, 0) is 69.4 Å². The van der Waals surface area contributed by atoms with Crippen LogP contribution in [0.2, 0.25) is 5.02 Å².